The van der Waals surface area contributed by atoms with Gasteiger partial charge in [-0.15, -0.1) is 0 Å². The highest BCUT2D eigenvalue weighted by Crippen LogP contribution is 2.35. The second kappa shape index (κ2) is 8.90. The minimum absolute atomic E-state index is 0.161. The number of Topliss-reactive ketones (excluding diaryl/α,β-unsaturated/α-hetero) is 1. The third kappa shape index (κ3) is 3.93. The second-order valence-corrected chi connectivity index (χ2v) is 8.26. The van der Waals surface area contributed by atoms with E-state index in [2.05, 4.69) is 30.7 Å². The molecule has 7 nitrogen and oxygen atoms in total. The molecule has 0 saturated carbocycles. The first-order valence-corrected chi connectivity index (χ1v) is 10.8. The predicted molar refractivity (Wildman–Crippen MR) is 120 cm³/mol. The molecule has 1 unspecified atom stereocenters. The van der Waals surface area contributed by atoms with E-state index < -0.39 is 11.7 Å². The summed E-state index contributed by atoms with van der Waals surface area (Å²) in [5.41, 5.74) is 1.88. The smallest absolute Gasteiger partial charge is 0.295 e. The van der Waals surface area contributed by atoms with Crippen LogP contribution in [0.3, 0.4) is 0 Å². The Hall–Kier alpha value is -3.18. The van der Waals surface area contributed by atoms with Crippen molar-refractivity contribution < 1.29 is 14.3 Å². The highest BCUT2D eigenvalue weighted by molar-refractivity contribution is 9.10. The maximum Gasteiger partial charge on any atom is 0.295 e. The molecule has 1 aromatic carbocycles. The van der Waals surface area contributed by atoms with E-state index in [4.69, 9.17) is 11.3 Å². The Kier molecular flexibility index (Phi) is 6.05. The maximum absolute atomic E-state index is 13.0. The summed E-state index contributed by atoms with van der Waals surface area (Å²) < 4.78 is 5.89. The molecule has 3 aromatic rings. The zero-order chi connectivity index (χ0) is 22.0. The van der Waals surface area contributed by atoms with Gasteiger partial charge in [-0.25, -0.2) is 11.6 Å². The molecule has 31 heavy (non-hydrogen) atoms. The summed E-state index contributed by atoms with van der Waals surface area (Å²) in [4.78, 5) is 38.6. The van der Waals surface area contributed by atoms with Crippen molar-refractivity contribution in [2.24, 2.45) is 5.92 Å². The van der Waals surface area contributed by atoms with Gasteiger partial charge in [-0.2, -0.15) is 0 Å². The van der Waals surface area contributed by atoms with Crippen LogP contribution in [0.5, 0.6) is 5.75 Å². The molecule has 2 aromatic heterocycles. The summed E-state index contributed by atoms with van der Waals surface area (Å²) >= 11 is 3.35. The van der Waals surface area contributed by atoms with Crippen LogP contribution in [0.4, 0.5) is 0 Å². The number of fused-ring (bicyclic) bond motifs is 1. The zero-order valence-corrected chi connectivity index (χ0v) is 18.6. The van der Waals surface area contributed by atoms with Gasteiger partial charge >= 0.3 is 0 Å². The van der Waals surface area contributed by atoms with Gasteiger partial charge in [0.2, 0.25) is 0 Å². The molecule has 158 valence electrons. The van der Waals surface area contributed by atoms with Crippen LogP contribution in [0.2, 0.25) is 0 Å². The molecular formula is C23H21BrN4O3. The fourth-order valence-corrected chi connectivity index (χ4v) is 4.61. The van der Waals surface area contributed by atoms with Crippen molar-refractivity contribution >= 4 is 38.5 Å². The third-order valence-corrected chi connectivity index (χ3v) is 6.44. The first-order chi connectivity index (χ1) is 15.0. The molecule has 8 heteroatoms. The quantitative estimate of drug-likeness (QED) is 0.253. The number of amides is 1. The fourth-order valence-electron chi connectivity index (χ4n) is 4.20. The molecule has 1 saturated heterocycles. The summed E-state index contributed by atoms with van der Waals surface area (Å²) in [6.45, 7) is 8.54. The number of carbonyl (C=O) groups is 2. The predicted octanol–water partition coefficient (Wildman–Crippen LogP) is 4.42. The van der Waals surface area contributed by atoms with E-state index >= 15 is 0 Å². The Bertz CT molecular complexity index is 1160. The number of rotatable bonds is 5. The van der Waals surface area contributed by atoms with Crippen LogP contribution in [0.1, 0.15) is 34.8 Å². The topological polar surface area (TPSA) is 79.7 Å². The van der Waals surface area contributed by atoms with Gasteiger partial charge in [0.15, 0.2) is 0 Å². The van der Waals surface area contributed by atoms with Crippen LogP contribution >= 0.6 is 15.9 Å². The number of nitrogens with zero attached hydrogens (tertiary/aromatic N) is 3. The van der Waals surface area contributed by atoms with E-state index in [1.54, 1.807) is 4.90 Å². The van der Waals surface area contributed by atoms with Crippen molar-refractivity contribution in [3.63, 3.8) is 0 Å². The molecule has 1 fully saturated rings. The van der Waals surface area contributed by atoms with Gasteiger partial charge in [-0.3, -0.25) is 9.59 Å². The van der Waals surface area contributed by atoms with Crippen molar-refractivity contribution in [3.05, 3.63) is 69.9 Å². The molecule has 0 spiro atoms. The van der Waals surface area contributed by atoms with Gasteiger partial charge in [0, 0.05) is 30.8 Å². The van der Waals surface area contributed by atoms with Crippen LogP contribution in [0.15, 0.2) is 47.3 Å². The maximum atomic E-state index is 13.0. The summed E-state index contributed by atoms with van der Waals surface area (Å²) in [6.07, 6.45) is 4.42. The lowest BCUT2D eigenvalue weighted by Gasteiger charge is -2.31. The van der Waals surface area contributed by atoms with Gasteiger partial charge in [-0.05, 0) is 28.8 Å². The molecule has 4 rings (SSSR count). The Balaban J connectivity index is 1.49. The molecule has 1 aliphatic heterocycles. The van der Waals surface area contributed by atoms with E-state index in [0.29, 0.717) is 47.2 Å². The SMILES string of the molecule is [C-]#[N+]C(c1ccccc1)C1CCN(C(=O)C(=O)c2c[nH]c3c(Br)ncc(OC)c23)CC1. The van der Waals surface area contributed by atoms with Gasteiger partial charge in [-0.1, -0.05) is 30.3 Å². The Morgan fingerprint density at radius 3 is 2.65 bits per heavy atom. The van der Waals surface area contributed by atoms with E-state index in [1.165, 1.54) is 19.5 Å². The summed E-state index contributed by atoms with van der Waals surface area (Å²) in [5.74, 6) is -0.523. The van der Waals surface area contributed by atoms with Gasteiger partial charge in [0.25, 0.3) is 17.7 Å². The number of hydrogen-bond donors (Lipinski definition) is 1. The zero-order valence-electron chi connectivity index (χ0n) is 17.0. The van der Waals surface area contributed by atoms with Crippen molar-refractivity contribution in [2.75, 3.05) is 20.2 Å². The molecule has 3 heterocycles. The van der Waals surface area contributed by atoms with Gasteiger partial charge in [0.05, 0.1) is 29.8 Å². The van der Waals surface area contributed by atoms with Crippen molar-refractivity contribution in [1.82, 2.24) is 14.9 Å². The van der Waals surface area contributed by atoms with Crippen LogP contribution < -0.4 is 4.74 Å². The first kappa shape index (κ1) is 21.1. The van der Waals surface area contributed by atoms with E-state index in [0.717, 1.165) is 5.56 Å². The molecule has 1 N–H and O–H groups in total. The average molecular weight is 481 g/mol. The third-order valence-electron chi connectivity index (χ3n) is 5.84. The van der Waals surface area contributed by atoms with E-state index in [-0.39, 0.29) is 17.5 Å². The number of hydrogen-bond acceptors (Lipinski definition) is 4. The number of nitrogens with one attached hydrogen (secondary N) is 1. The summed E-state index contributed by atoms with van der Waals surface area (Å²) in [5, 5.41) is 0.537. The lowest BCUT2D eigenvalue weighted by molar-refractivity contribution is -0.127. The number of aromatic amines is 1. The molecule has 1 amide bonds. The number of piperidine rings is 1. The number of ketones is 1. The number of aromatic nitrogens is 2. The Morgan fingerprint density at radius 2 is 2.00 bits per heavy atom. The number of ether oxygens (including phenoxy) is 1. The summed E-state index contributed by atoms with van der Waals surface area (Å²) in [6, 6.07) is 9.54. The lowest BCUT2D eigenvalue weighted by atomic mass is 9.85. The monoisotopic (exact) mass is 480 g/mol. The number of carbonyl (C=O) groups excluding carboxylic acids is 2. The minimum Gasteiger partial charge on any atom is -0.494 e. The number of benzene rings is 1. The highest BCUT2D eigenvalue weighted by atomic mass is 79.9. The molecule has 1 aliphatic rings. The molecular weight excluding hydrogens is 460 g/mol. The lowest BCUT2D eigenvalue weighted by Crippen LogP contribution is -2.42. The fraction of sp³-hybridized carbons (Fsp3) is 0.304. The molecule has 1 atom stereocenters. The minimum atomic E-state index is -0.578. The Morgan fingerprint density at radius 1 is 1.29 bits per heavy atom. The van der Waals surface area contributed by atoms with Crippen molar-refractivity contribution in [1.29, 1.82) is 0 Å². The number of H-pyrrole nitrogens is 1. The second-order valence-electron chi connectivity index (χ2n) is 7.51. The van der Waals surface area contributed by atoms with Crippen LogP contribution in [0.25, 0.3) is 15.7 Å². The van der Waals surface area contributed by atoms with Gasteiger partial charge in [0.1, 0.15) is 10.4 Å². The normalized spacial score (nSPS) is 15.5. The highest BCUT2D eigenvalue weighted by Gasteiger charge is 2.35. The molecule has 0 bridgehead atoms. The number of pyridine rings is 1. The van der Waals surface area contributed by atoms with Crippen LogP contribution in [-0.2, 0) is 4.79 Å². The Labute approximate surface area is 188 Å². The summed E-state index contributed by atoms with van der Waals surface area (Å²) in [7, 11) is 1.50. The number of halogens is 1. The van der Waals surface area contributed by atoms with E-state index in [1.807, 2.05) is 30.3 Å². The van der Waals surface area contributed by atoms with Crippen molar-refractivity contribution in [2.45, 2.75) is 18.9 Å². The molecule has 0 aliphatic carbocycles. The number of methoxy groups -OCH3 is 1. The van der Waals surface area contributed by atoms with Crippen LogP contribution in [-0.4, -0.2) is 46.8 Å². The number of likely N-dealkylation sites (tertiary alicyclic amines) is 1. The van der Waals surface area contributed by atoms with Gasteiger partial charge < -0.3 is 19.5 Å². The van der Waals surface area contributed by atoms with E-state index in [9.17, 15) is 9.59 Å². The first-order valence-electron chi connectivity index (χ1n) is 9.99. The standard InChI is InChI=1S/C23H21BrN4O3/c1-25-19(14-6-4-3-5-7-14)15-8-10-28(11-9-15)23(30)21(29)16-12-26-20-18(16)17(31-2)13-27-22(20)24/h3-7,12-13,15,19,26H,8-11H2,2H3. The van der Waals surface area contributed by atoms with Crippen LogP contribution in [0, 0.1) is 12.5 Å². The largest absolute Gasteiger partial charge is 0.494 e. The average Bonchev–Trinajstić information content (AvgIpc) is 3.26. The molecule has 0 radical (unpaired) electrons. The van der Waals surface area contributed by atoms with Crippen molar-refractivity contribution in [3.8, 4) is 5.75 Å².